The number of hydrogen-bond donors (Lipinski definition) is 1. The third kappa shape index (κ3) is 4.55. The Balaban J connectivity index is 1.53. The van der Waals surface area contributed by atoms with Gasteiger partial charge in [-0.1, -0.05) is 0 Å². The van der Waals surface area contributed by atoms with Gasteiger partial charge in [-0.2, -0.15) is 0 Å². The number of rotatable bonds is 6. The van der Waals surface area contributed by atoms with Crippen LogP contribution in [0.15, 0.2) is 12.1 Å². The fourth-order valence-electron chi connectivity index (χ4n) is 3.52. The van der Waals surface area contributed by atoms with Crippen molar-refractivity contribution in [2.45, 2.75) is 38.8 Å². The second-order valence-corrected chi connectivity index (χ2v) is 8.72. The van der Waals surface area contributed by atoms with Crippen molar-refractivity contribution in [3.63, 3.8) is 0 Å². The SMILES string of the molecule is Cc1ccc(CN2CC[C@H](CNC(=O)C3CC3)[C@H](N(C)C)C2)s1. The molecule has 128 valence electrons. The summed E-state index contributed by atoms with van der Waals surface area (Å²) in [7, 11) is 4.33. The number of thiophene rings is 1. The van der Waals surface area contributed by atoms with Crippen LogP contribution in [0.1, 0.15) is 29.0 Å². The Morgan fingerprint density at radius 1 is 1.35 bits per heavy atom. The maximum atomic E-state index is 11.9. The Bertz CT molecular complexity index is 538. The Morgan fingerprint density at radius 2 is 2.13 bits per heavy atom. The molecule has 0 radical (unpaired) electrons. The van der Waals surface area contributed by atoms with Crippen molar-refractivity contribution in [2.75, 3.05) is 33.7 Å². The summed E-state index contributed by atoms with van der Waals surface area (Å²) < 4.78 is 0. The second-order valence-electron chi connectivity index (χ2n) is 7.35. The monoisotopic (exact) mass is 335 g/mol. The Morgan fingerprint density at radius 3 is 2.74 bits per heavy atom. The molecule has 1 saturated carbocycles. The Labute approximate surface area is 143 Å². The van der Waals surface area contributed by atoms with Gasteiger partial charge in [0.15, 0.2) is 0 Å². The number of piperidine rings is 1. The average Bonchev–Trinajstić information content (AvgIpc) is 3.29. The summed E-state index contributed by atoms with van der Waals surface area (Å²) in [5.74, 6) is 1.16. The highest BCUT2D eigenvalue weighted by Gasteiger charge is 2.33. The van der Waals surface area contributed by atoms with Crippen molar-refractivity contribution < 1.29 is 4.79 Å². The molecule has 1 N–H and O–H groups in total. The summed E-state index contributed by atoms with van der Waals surface area (Å²) in [4.78, 5) is 19.6. The highest BCUT2D eigenvalue weighted by molar-refractivity contribution is 7.11. The van der Waals surface area contributed by atoms with Gasteiger partial charge in [-0.25, -0.2) is 0 Å². The molecule has 1 aromatic rings. The summed E-state index contributed by atoms with van der Waals surface area (Å²) in [6, 6.07) is 4.99. The molecule has 0 unspecified atom stereocenters. The van der Waals surface area contributed by atoms with E-state index < -0.39 is 0 Å². The zero-order valence-corrected chi connectivity index (χ0v) is 15.4. The van der Waals surface area contributed by atoms with Crippen molar-refractivity contribution in [3.05, 3.63) is 21.9 Å². The van der Waals surface area contributed by atoms with Crippen LogP contribution in [-0.4, -0.2) is 55.5 Å². The molecule has 23 heavy (non-hydrogen) atoms. The quantitative estimate of drug-likeness (QED) is 0.867. The van der Waals surface area contributed by atoms with Gasteiger partial charge in [0.2, 0.25) is 5.91 Å². The van der Waals surface area contributed by atoms with Crippen molar-refractivity contribution in [3.8, 4) is 0 Å². The molecule has 2 heterocycles. The molecule has 2 aliphatic rings. The molecule has 2 fully saturated rings. The number of hydrogen-bond acceptors (Lipinski definition) is 4. The number of nitrogens with one attached hydrogen (secondary N) is 1. The van der Waals surface area contributed by atoms with Crippen LogP contribution in [0.25, 0.3) is 0 Å². The minimum Gasteiger partial charge on any atom is -0.356 e. The normalized spacial score (nSPS) is 25.7. The molecule has 3 rings (SSSR count). The molecule has 1 aromatic heterocycles. The maximum Gasteiger partial charge on any atom is 0.223 e. The zero-order valence-electron chi connectivity index (χ0n) is 14.5. The van der Waals surface area contributed by atoms with E-state index in [4.69, 9.17) is 0 Å². The van der Waals surface area contributed by atoms with E-state index >= 15 is 0 Å². The summed E-state index contributed by atoms with van der Waals surface area (Å²) in [5.41, 5.74) is 0. The Hall–Kier alpha value is -0.910. The minimum absolute atomic E-state index is 0.277. The standard InChI is InChI=1S/C18H29N3OS/c1-13-4-7-16(23-13)11-21-9-8-15(17(12-21)20(2)3)10-19-18(22)14-5-6-14/h4,7,14-15,17H,5-6,8-12H2,1-3H3,(H,19,22)/t15-,17-/m1/s1. The summed E-state index contributed by atoms with van der Waals surface area (Å²) in [6.07, 6.45) is 3.33. The molecule has 2 atom stereocenters. The van der Waals surface area contributed by atoms with E-state index in [0.29, 0.717) is 17.9 Å². The van der Waals surface area contributed by atoms with Gasteiger partial charge in [-0.15, -0.1) is 11.3 Å². The van der Waals surface area contributed by atoms with E-state index in [1.807, 2.05) is 11.3 Å². The van der Waals surface area contributed by atoms with E-state index in [1.54, 1.807) is 0 Å². The van der Waals surface area contributed by atoms with E-state index in [2.05, 4.69) is 48.3 Å². The third-order valence-electron chi connectivity index (χ3n) is 5.13. The van der Waals surface area contributed by atoms with Gasteiger partial charge >= 0.3 is 0 Å². The van der Waals surface area contributed by atoms with E-state index in [-0.39, 0.29) is 5.91 Å². The van der Waals surface area contributed by atoms with Gasteiger partial charge in [-0.3, -0.25) is 9.69 Å². The number of aryl methyl sites for hydroxylation is 1. The first-order valence-corrected chi connectivity index (χ1v) is 9.56. The molecule has 5 heteroatoms. The van der Waals surface area contributed by atoms with Gasteiger partial charge in [0.05, 0.1) is 0 Å². The molecule has 1 saturated heterocycles. The van der Waals surface area contributed by atoms with Crippen LogP contribution < -0.4 is 5.32 Å². The number of likely N-dealkylation sites (N-methyl/N-ethyl adjacent to an activating group) is 1. The fraction of sp³-hybridized carbons (Fsp3) is 0.722. The average molecular weight is 336 g/mol. The number of likely N-dealkylation sites (tertiary alicyclic amines) is 1. The van der Waals surface area contributed by atoms with Crippen LogP contribution in [0.4, 0.5) is 0 Å². The lowest BCUT2D eigenvalue weighted by Crippen LogP contribution is -2.53. The predicted octanol–water partition coefficient (Wildman–Crippen LogP) is 2.33. The van der Waals surface area contributed by atoms with Crippen LogP contribution in [0.2, 0.25) is 0 Å². The second kappa shape index (κ2) is 7.32. The highest BCUT2D eigenvalue weighted by atomic mass is 32.1. The Kier molecular flexibility index (Phi) is 5.39. The van der Waals surface area contributed by atoms with E-state index in [0.717, 1.165) is 45.4 Å². The van der Waals surface area contributed by atoms with Gasteiger partial charge in [-0.05, 0) is 64.9 Å². The van der Waals surface area contributed by atoms with Crippen molar-refractivity contribution >= 4 is 17.2 Å². The molecule has 1 aliphatic carbocycles. The smallest absolute Gasteiger partial charge is 0.223 e. The van der Waals surface area contributed by atoms with Crippen LogP contribution in [0, 0.1) is 18.8 Å². The highest BCUT2D eigenvalue weighted by Crippen LogP contribution is 2.29. The third-order valence-corrected chi connectivity index (χ3v) is 6.12. The molecular formula is C18H29N3OS. The first-order chi connectivity index (χ1) is 11.0. The number of carbonyl (C=O) groups excluding carboxylic acids is 1. The lowest BCUT2D eigenvalue weighted by Gasteiger charge is -2.41. The van der Waals surface area contributed by atoms with Crippen LogP contribution in [0.3, 0.4) is 0 Å². The topological polar surface area (TPSA) is 35.6 Å². The van der Waals surface area contributed by atoms with Gasteiger partial charge in [0.25, 0.3) is 0 Å². The first-order valence-electron chi connectivity index (χ1n) is 8.74. The van der Waals surface area contributed by atoms with E-state index in [9.17, 15) is 4.79 Å². The molecule has 1 aliphatic heterocycles. The minimum atomic E-state index is 0.277. The zero-order chi connectivity index (χ0) is 16.4. The lowest BCUT2D eigenvalue weighted by atomic mass is 9.90. The summed E-state index contributed by atoms with van der Waals surface area (Å²) in [5, 5.41) is 3.18. The number of nitrogens with zero attached hydrogens (tertiary/aromatic N) is 2. The first kappa shape index (κ1) is 16.9. The van der Waals surface area contributed by atoms with Gasteiger partial charge < -0.3 is 10.2 Å². The lowest BCUT2D eigenvalue weighted by molar-refractivity contribution is -0.122. The number of carbonyl (C=O) groups is 1. The molecular weight excluding hydrogens is 306 g/mol. The molecule has 1 amide bonds. The summed E-state index contributed by atoms with van der Waals surface area (Å²) >= 11 is 1.90. The van der Waals surface area contributed by atoms with Gasteiger partial charge in [0, 0.05) is 41.3 Å². The van der Waals surface area contributed by atoms with Crippen LogP contribution >= 0.6 is 11.3 Å². The molecule has 0 spiro atoms. The molecule has 0 bridgehead atoms. The van der Waals surface area contributed by atoms with Crippen LogP contribution in [0.5, 0.6) is 0 Å². The van der Waals surface area contributed by atoms with Crippen LogP contribution in [-0.2, 0) is 11.3 Å². The van der Waals surface area contributed by atoms with Crippen molar-refractivity contribution in [1.29, 1.82) is 0 Å². The van der Waals surface area contributed by atoms with E-state index in [1.165, 1.54) is 9.75 Å². The summed E-state index contributed by atoms with van der Waals surface area (Å²) in [6.45, 7) is 6.29. The number of amides is 1. The largest absolute Gasteiger partial charge is 0.356 e. The van der Waals surface area contributed by atoms with Crippen molar-refractivity contribution in [2.24, 2.45) is 11.8 Å². The molecule has 4 nitrogen and oxygen atoms in total. The van der Waals surface area contributed by atoms with Crippen molar-refractivity contribution in [1.82, 2.24) is 15.1 Å². The maximum absolute atomic E-state index is 11.9. The predicted molar refractivity (Wildman–Crippen MR) is 95.6 cm³/mol. The van der Waals surface area contributed by atoms with Gasteiger partial charge in [0.1, 0.15) is 0 Å². The molecule has 0 aromatic carbocycles. The fourth-order valence-corrected chi connectivity index (χ4v) is 4.46.